The predicted octanol–water partition coefficient (Wildman–Crippen LogP) is 2.45. The lowest BCUT2D eigenvalue weighted by Gasteiger charge is -2.04. The highest BCUT2D eigenvalue weighted by Crippen LogP contribution is 2.18. The van der Waals surface area contributed by atoms with Crippen LogP contribution in [0.2, 0.25) is 5.02 Å². The van der Waals surface area contributed by atoms with Crippen LogP contribution in [-0.2, 0) is 0 Å². The number of nitrogens with zero attached hydrogens (tertiary/aromatic N) is 1. The smallest absolute Gasteiger partial charge is 0.259 e. The summed E-state index contributed by atoms with van der Waals surface area (Å²) in [6.45, 7) is 0. The summed E-state index contributed by atoms with van der Waals surface area (Å²) in [5.41, 5.74) is -0.109. The lowest BCUT2D eigenvalue weighted by atomic mass is 10.2. The van der Waals surface area contributed by atoms with Crippen LogP contribution in [0.25, 0.3) is 0 Å². The van der Waals surface area contributed by atoms with Crippen molar-refractivity contribution in [2.24, 2.45) is 0 Å². The van der Waals surface area contributed by atoms with E-state index in [1.165, 1.54) is 24.4 Å². The number of hydrogen-bond donors (Lipinski definition) is 2. The van der Waals surface area contributed by atoms with Crippen LogP contribution in [-0.4, -0.2) is 16.1 Å². The second-order valence-electron chi connectivity index (χ2n) is 3.03. The van der Waals surface area contributed by atoms with Gasteiger partial charge in [0.05, 0.1) is 16.8 Å². The molecular formula is C10H7ClFN3O. The van der Waals surface area contributed by atoms with Gasteiger partial charge in [-0.2, -0.15) is 5.10 Å². The van der Waals surface area contributed by atoms with Crippen LogP contribution in [0.5, 0.6) is 0 Å². The van der Waals surface area contributed by atoms with Crippen LogP contribution in [0.3, 0.4) is 0 Å². The minimum absolute atomic E-state index is 0.0859. The zero-order chi connectivity index (χ0) is 11.5. The van der Waals surface area contributed by atoms with Gasteiger partial charge in [0.25, 0.3) is 5.91 Å². The van der Waals surface area contributed by atoms with Crippen LogP contribution >= 0.6 is 11.6 Å². The van der Waals surface area contributed by atoms with Crippen molar-refractivity contribution in [2.45, 2.75) is 0 Å². The Balaban J connectivity index is 2.24. The van der Waals surface area contributed by atoms with Gasteiger partial charge < -0.3 is 5.32 Å². The highest BCUT2D eigenvalue weighted by atomic mass is 35.5. The topological polar surface area (TPSA) is 57.8 Å². The van der Waals surface area contributed by atoms with Gasteiger partial charge in [-0.05, 0) is 12.1 Å². The van der Waals surface area contributed by atoms with E-state index in [0.29, 0.717) is 5.82 Å². The maximum Gasteiger partial charge on any atom is 0.259 e. The molecule has 1 aromatic heterocycles. The maximum absolute atomic E-state index is 13.5. The van der Waals surface area contributed by atoms with Gasteiger partial charge >= 0.3 is 0 Å². The van der Waals surface area contributed by atoms with Crippen molar-refractivity contribution in [3.63, 3.8) is 0 Å². The van der Waals surface area contributed by atoms with E-state index in [1.54, 1.807) is 6.07 Å². The second-order valence-corrected chi connectivity index (χ2v) is 3.43. The van der Waals surface area contributed by atoms with Gasteiger partial charge in [0.1, 0.15) is 5.82 Å². The first-order valence-electron chi connectivity index (χ1n) is 4.43. The third-order valence-electron chi connectivity index (χ3n) is 1.95. The van der Waals surface area contributed by atoms with Crippen molar-refractivity contribution < 1.29 is 9.18 Å². The molecule has 0 saturated heterocycles. The molecule has 1 amide bonds. The Hall–Kier alpha value is -1.88. The largest absolute Gasteiger partial charge is 0.307 e. The number of aromatic amines is 1. The van der Waals surface area contributed by atoms with Gasteiger partial charge in [-0.25, -0.2) is 4.39 Å². The summed E-state index contributed by atoms with van der Waals surface area (Å²) >= 11 is 5.56. The number of carbonyl (C=O) groups excluding carboxylic acids is 1. The number of anilines is 1. The fourth-order valence-electron chi connectivity index (χ4n) is 1.19. The monoisotopic (exact) mass is 239 g/mol. The number of rotatable bonds is 2. The number of hydrogen-bond acceptors (Lipinski definition) is 2. The van der Waals surface area contributed by atoms with E-state index in [1.807, 2.05) is 0 Å². The molecule has 0 bridgehead atoms. The molecule has 0 aliphatic heterocycles. The predicted molar refractivity (Wildman–Crippen MR) is 58.0 cm³/mol. The van der Waals surface area contributed by atoms with Crippen molar-refractivity contribution in [1.29, 1.82) is 0 Å². The minimum Gasteiger partial charge on any atom is -0.307 e. The van der Waals surface area contributed by atoms with Crippen LogP contribution in [0.4, 0.5) is 10.2 Å². The van der Waals surface area contributed by atoms with E-state index in [-0.39, 0.29) is 10.6 Å². The summed E-state index contributed by atoms with van der Waals surface area (Å²) in [4.78, 5) is 11.6. The van der Waals surface area contributed by atoms with E-state index in [9.17, 15) is 9.18 Å². The van der Waals surface area contributed by atoms with Crippen LogP contribution in [0.1, 0.15) is 10.4 Å². The zero-order valence-electron chi connectivity index (χ0n) is 8.00. The summed E-state index contributed by atoms with van der Waals surface area (Å²) < 4.78 is 13.5. The Bertz CT molecular complexity index is 513. The Morgan fingerprint density at radius 3 is 2.94 bits per heavy atom. The molecule has 16 heavy (non-hydrogen) atoms. The molecule has 0 aliphatic carbocycles. The molecule has 2 rings (SSSR count). The molecule has 2 aromatic rings. The molecule has 0 fully saturated rings. The van der Waals surface area contributed by atoms with E-state index >= 15 is 0 Å². The quantitative estimate of drug-likeness (QED) is 0.846. The first-order valence-corrected chi connectivity index (χ1v) is 4.81. The maximum atomic E-state index is 13.5. The van der Waals surface area contributed by atoms with E-state index in [4.69, 9.17) is 11.6 Å². The number of nitrogens with one attached hydrogen (secondary N) is 2. The molecular weight excluding hydrogens is 233 g/mol. The molecule has 0 unspecified atom stereocenters. The third kappa shape index (κ3) is 2.04. The summed E-state index contributed by atoms with van der Waals surface area (Å²) in [5, 5.41) is 8.55. The van der Waals surface area contributed by atoms with Gasteiger partial charge in [-0.3, -0.25) is 9.89 Å². The van der Waals surface area contributed by atoms with Crippen molar-refractivity contribution in [3.8, 4) is 0 Å². The lowest BCUT2D eigenvalue weighted by molar-refractivity contribution is 0.102. The summed E-state index contributed by atoms with van der Waals surface area (Å²) in [6.07, 6.45) is 1.48. The van der Waals surface area contributed by atoms with E-state index in [0.717, 1.165) is 0 Å². The fraction of sp³-hybridized carbons (Fsp3) is 0. The van der Waals surface area contributed by atoms with Crippen LogP contribution in [0.15, 0.2) is 30.5 Å². The van der Waals surface area contributed by atoms with Crippen molar-refractivity contribution in [2.75, 3.05) is 5.32 Å². The standard InChI is InChI=1S/C10H7ClFN3O/c11-7-3-1-2-6(9(7)12)10(16)14-8-4-5-13-15-8/h1-5H,(H2,13,14,15,16). The number of carbonyl (C=O) groups is 1. The van der Waals surface area contributed by atoms with E-state index < -0.39 is 11.7 Å². The molecule has 4 nitrogen and oxygen atoms in total. The van der Waals surface area contributed by atoms with Gasteiger partial charge in [-0.1, -0.05) is 17.7 Å². The van der Waals surface area contributed by atoms with Gasteiger partial charge in [0.15, 0.2) is 5.82 Å². The molecule has 2 N–H and O–H groups in total. The fourth-order valence-corrected chi connectivity index (χ4v) is 1.37. The summed E-state index contributed by atoms with van der Waals surface area (Å²) in [5.74, 6) is -0.921. The van der Waals surface area contributed by atoms with Crippen molar-refractivity contribution in [1.82, 2.24) is 10.2 Å². The molecule has 0 saturated carbocycles. The average molecular weight is 240 g/mol. The molecule has 0 aliphatic rings. The SMILES string of the molecule is O=C(Nc1ccn[nH]1)c1cccc(Cl)c1F. The van der Waals surface area contributed by atoms with Gasteiger partial charge in [0.2, 0.25) is 0 Å². The summed E-state index contributed by atoms with van der Waals surface area (Å²) in [7, 11) is 0. The highest BCUT2D eigenvalue weighted by Gasteiger charge is 2.14. The molecule has 6 heteroatoms. The number of amides is 1. The van der Waals surface area contributed by atoms with Gasteiger partial charge in [-0.15, -0.1) is 0 Å². The molecule has 82 valence electrons. The van der Waals surface area contributed by atoms with Gasteiger partial charge in [0, 0.05) is 6.07 Å². The average Bonchev–Trinajstić information content (AvgIpc) is 2.74. The second kappa shape index (κ2) is 4.32. The lowest BCUT2D eigenvalue weighted by Crippen LogP contribution is -2.14. The minimum atomic E-state index is -0.735. The first-order chi connectivity index (χ1) is 7.68. The number of H-pyrrole nitrogens is 1. The Labute approximate surface area is 95.4 Å². The molecule has 0 radical (unpaired) electrons. The summed E-state index contributed by atoms with van der Waals surface area (Å²) in [6, 6.07) is 5.80. The first kappa shape index (κ1) is 10.6. The molecule has 0 atom stereocenters. The van der Waals surface area contributed by atoms with E-state index in [2.05, 4.69) is 15.5 Å². The third-order valence-corrected chi connectivity index (χ3v) is 2.24. The Morgan fingerprint density at radius 2 is 2.25 bits per heavy atom. The zero-order valence-corrected chi connectivity index (χ0v) is 8.75. The number of halogens is 2. The molecule has 1 aromatic carbocycles. The van der Waals surface area contributed by atoms with Crippen molar-refractivity contribution >= 4 is 23.3 Å². The number of aromatic nitrogens is 2. The number of benzene rings is 1. The highest BCUT2D eigenvalue weighted by molar-refractivity contribution is 6.31. The van der Waals surface area contributed by atoms with Crippen LogP contribution in [0, 0.1) is 5.82 Å². The Morgan fingerprint density at radius 1 is 1.44 bits per heavy atom. The van der Waals surface area contributed by atoms with Crippen LogP contribution < -0.4 is 5.32 Å². The normalized spacial score (nSPS) is 10.1. The van der Waals surface area contributed by atoms with Crippen molar-refractivity contribution in [3.05, 3.63) is 46.9 Å². The molecule has 0 spiro atoms. The Kier molecular flexibility index (Phi) is 2.87. The molecule has 1 heterocycles.